The molecule has 1 aliphatic rings. The minimum atomic E-state index is -0.474. The number of carbonyl (C=O) groups excluding carboxylic acids is 3. The van der Waals surface area contributed by atoms with Crippen LogP contribution in [0.2, 0.25) is 0 Å². The molecule has 2 aromatic rings. The van der Waals surface area contributed by atoms with Crippen LogP contribution in [0.15, 0.2) is 54.6 Å². The van der Waals surface area contributed by atoms with E-state index in [9.17, 15) is 14.4 Å². The van der Waals surface area contributed by atoms with E-state index in [1.54, 1.807) is 24.3 Å². The van der Waals surface area contributed by atoms with E-state index in [0.29, 0.717) is 17.2 Å². The lowest BCUT2D eigenvalue weighted by atomic mass is 10.1. The lowest BCUT2D eigenvalue weighted by molar-refractivity contribution is -0.148. The Morgan fingerprint density at radius 2 is 1.71 bits per heavy atom. The molecule has 0 radical (unpaired) electrons. The smallest absolute Gasteiger partial charge is 0.309 e. The van der Waals surface area contributed by atoms with Gasteiger partial charge in [0, 0.05) is 0 Å². The Labute approximate surface area is 164 Å². The zero-order chi connectivity index (χ0) is 20.1. The highest BCUT2D eigenvalue weighted by Gasteiger charge is 2.40. The molecule has 0 aliphatic heterocycles. The summed E-state index contributed by atoms with van der Waals surface area (Å²) < 4.78 is 5.04. The minimum Gasteiger partial charge on any atom is -0.455 e. The summed E-state index contributed by atoms with van der Waals surface area (Å²) in [5.41, 5.74) is 1.71. The van der Waals surface area contributed by atoms with Crippen molar-refractivity contribution in [2.45, 2.75) is 26.3 Å². The fraction of sp³-hybridized carbons (Fsp3) is 0.318. The van der Waals surface area contributed by atoms with E-state index in [-0.39, 0.29) is 30.4 Å². The summed E-state index contributed by atoms with van der Waals surface area (Å²) in [4.78, 5) is 36.6. The predicted molar refractivity (Wildman–Crippen MR) is 106 cm³/mol. The third-order valence-electron chi connectivity index (χ3n) is 4.85. The number of hydrogen-bond donors (Lipinski definition) is 2. The normalized spacial score (nSPS) is 18.6. The lowest BCUT2D eigenvalue weighted by Gasteiger charge is -2.16. The molecule has 146 valence electrons. The lowest BCUT2D eigenvalue weighted by Crippen LogP contribution is -2.28. The van der Waals surface area contributed by atoms with Crippen LogP contribution in [-0.4, -0.2) is 24.4 Å². The molecular weight excluding hydrogens is 356 g/mol. The molecule has 0 aromatic heterocycles. The van der Waals surface area contributed by atoms with Crippen molar-refractivity contribution >= 4 is 23.5 Å². The molecule has 0 saturated heterocycles. The molecule has 1 fully saturated rings. The molecule has 1 aliphatic carbocycles. The molecule has 2 aromatic carbocycles. The molecule has 0 bridgehead atoms. The first kappa shape index (κ1) is 19.6. The van der Waals surface area contributed by atoms with Crippen molar-refractivity contribution in [3.63, 3.8) is 0 Å². The third kappa shape index (κ3) is 4.97. The van der Waals surface area contributed by atoms with E-state index in [0.717, 1.165) is 12.0 Å². The first-order valence-corrected chi connectivity index (χ1v) is 9.37. The van der Waals surface area contributed by atoms with Gasteiger partial charge in [-0.1, -0.05) is 49.4 Å². The van der Waals surface area contributed by atoms with Crippen molar-refractivity contribution in [2.24, 2.45) is 11.8 Å². The van der Waals surface area contributed by atoms with Crippen LogP contribution in [0.25, 0.3) is 0 Å². The van der Waals surface area contributed by atoms with Gasteiger partial charge >= 0.3 is 5.97 Å². The Morgan fingerprint density at radius 1 is 1.07 bits per heavy atom. The predicted octanol–water partition coefficient (Wildman–Crippen LogP) is 3.32. The molecule has 0 spiro atoms. The topological polar surface area (TPSA) is 84.5 Å². The first-order chi connectivity index (χ1) is 13.5. The Morgan fingerprint density at radius 3 is 2.39 bits per heavy atom. The highest BCUT2D eigenvalue weighted by Crippen LogP contribution is 2.38. The Bertz CT molecular complexity index is 866. The Hall–Kier alpha value is -3.15. The second kappa shape index (κ2) is 8.69. The molecule has 0 unspecified atom stereocenters. The van der Waals surface area contributed by atoms with Crippen molar-refractivity contribution in [3.8, 4) is 0 Å². The average Bonchev–Trinajstić information content (AvgIpc) is 3.44. The van der Waals surface area contributed by atoms with Gasteiger partial charge < -0.3 is 15.4 Å². The van der Waals surface area contributed by atoms with E-state index >= 15 is 0 Å². The molecular formula is C22H24N2O4. The molecule has 1 saturated carbocycles. The van der Waals surface area contributed by atoms with Crippen LogP contribution >= 0.6 is 0 Å². The summed E-state index contributed by atoms with van der Waals surface area (Å²) in [6.45, 7) is 3.50. The number of amides is 2. The molecule has 3 atom stereocenters. The van der Waals surface area contributed by atoms with Crippen LogP contribution in [0, 0.1) is 11.8 Å². The van der Waals surface area contributed by atoms with Crippen LogP contribution in [0.5, 0.6) is 0 Å². The van der Waals surface area contributed by atoms with Crippen molar-refractivity contribution in [3.05, 3.63) is 65.7 Å². The van der Waals surface area contributed by atoms with Crippen molar-refractivity contribution in [1.29, 1.82) is 0 Å². The molecule has 2 amide bonds. The fourth-order valence-corrected chi connectivity index (χ4v) is 2.97. The van der Waals surface area contributed by atoms with Gasteiger partial charge in [-0.3, -0.25) is 14.4 Å². The van der Waals surface area contributed by atoms with Gasteiger partial charge in [-0.05, 0) is 37.0 Å². The van der Waals surface area contributed by atoms with Crippen molar-refractivity contribution in [2.75, 3.05) is 11.9 Å². The number of nitrogens with one attached hydrogen (secondary N) is 2. The van der Waals surface area contributed by atoms with Gasteiger partial charge in [-0.2, -0.15) is 0 Å². The monoisotopic (exact) mass is 380 g/mol. The van der Waals surface area contributed by atoms with Gasteiger partial charge in [-0.25, -0.2) is 0 Å². The largest absolute Gasteiger partial charge is 0.455 e. The fourth-order valence-electron chi connectivity index (χ4n) is 2.97. The molecule has 3 rings (SSSR count). The molecule has 6 heteroatoms. The summed E-state index contributed by atoms with van der Waals surface area (Å²) in [6.07, 6.45) is 0.809. The highest BCUT2D eigenvalue weighted by atomic mass is 16.5. The second-order valence-electron chi connectivity index (χ2n) is 7.13. The summed E-state index contributed by atoms with van der Waals surface area (Å²) in [7, 11) is 0. The van der Waals surface area contributed by atoms with Crippen molar-refractivity contribution < 1.29 is 19.1 Å². The highest BCUT2D eigenvalue weighted by molar-refractivity contribution is 6.04. The average molecular weight is 380 g/mol. The van der Waals surface area contributed by atoms with Gasteiger partial charge in [0.15, 0.2) is 6.61 Å². The maximum absolute atomic E-state index is 12.7. The number of esters is 1. The van der Waals surface area contributed by atoms with E-state index in [1.807, 2.05) is 44.2 Å². The van der Waals surface area contributed by atoms with Gasteiger partial charge in [0.05, 0.1) is 23.2 Å². The zero-order valence-electron chi connectivity index (χ0n) is 16.0. The van der Waals surface area contributed by atoms with E-state index in [1.165, 1.54) is 0 Å². The number of hydrogen-bond acceptors (Lipinski definition) is 4. The van der Waals surface area contributed by atoms with Gasteiger partial charge in [0.1, 0.15) is 0 Å². The van der Waals surface area contributed by atoms with Gasteiger partial charge in [0.2, 0.25) is 0 Å². The van der Waals surface area contributed by atoms with E-state index in [2.05, 4.69) is 10.6 Å². The van der Waals surface area contributed by atoms with E-state index in [4.69, 9.17) is 4.74 Å². The Balaban J connectivity index is 1.59. The van der Waals surface area contributed by atoms with Gasteiger partial charge in [-0.15, -0.1) is 0 Å². The number of para-hydroxylation sites is 1. The minimum absolute atomic E-state index is 0.0923. The number of benzene rings is 2. The molecule has 28 heavy (non-hydrogen) atoms. The van der Waals surface area contributed by atoms with Crippen molar-refractivity contribution in [1.82, 2.24) is 5.32 Å². The maximum Gasteiger partial charge on any atom is 0.309 e. The van der Waals surface area contributed by atoms with Gasteiger partial charge in [0.25, 0.3) is 11.8 Å². The Kier molecular flexibility index (Phi) is 6.09. The molecule has 2 N–H and O–H groups in total. The summed E-state index contributed by atoms with van der Waals surface area (Å²) in [6, 6.07) is 16.2. The number of carbonyl (C=O) groups is 3. The first-order valence-electron chi connectivity index (χ1n) is 9.37. The third-order valence-corrected chi connectivity index (χ3v) is 4.85. The summed E-state index contributed by atoms with van der Waals surface area (Å²) >= 11 is 0. The number of anilines is 1. The quantitative estimate of drug-likeness (QED) is 0.722. The summed E-state index contributed by atoms with van der Waals surface area (Å²) in [5.74, 6) is -0.878. The second-order valence-corrected chi connectivity index (χ2v) is 7.13. The van der Waals surface area contributed by atoms with E-state index < -0.39 is 5.91 Å². The standard InChI is InChI=1S/C22H24N2O4/c1-14-12-18(14)22(27)28-13-20(25)24-19-11-7-6-10-17(19)21(26)23-15(2)16-8-4-3-5-9-16/h3-11,14-15,18H,12-13H2,1-2H3,(H,23,26)(H,24,25)/t14-,15-,18+/m0/s1. The number of ether oxygens (including phenoxy) is 1. The van der Waals surface area contributed by atoms with Crippen LogP contribution < -0.4 is 10.6 Å². The maximum atomic E-state index is 12.7. The molecule has 0 heterocycles. The van der Waals surface area contributed by atoms with Crippen LogP contribution in [-0.2, 0) is 14.3 Å². The zero-order valence-corrected chi connectivity index (χ0v) is 16.0. The molecule has 6 nitrogen and oxygen atoms in total. The van der Waals surface area contributed by atoms with Crippen LogP contribution in [0.3, 0.4) is 0 Å². The van der Waals surface area contributed by atoms with Crippen LogP contribution in [0.4, 0.5) is 5.69 Å². The number of rotatable bonds is 7. The SMILES string of the molecule is C[C@H](NC(=O)c1ccccc1NC(=O)COC(=O)[C@@H]1C[C@@H]1C)c1ccccc1. The summed E-state index contributed by atoms with van der Waals surface area (Å²) in [5, 5.41) is 5.58. The van der Waals surface area contributed by atoms with Crippen LogP contribution in [0.1, 0.15) is 42.2 Å².